The molecule has 22 heavy (non-hydrogen) atoms. The van der Waals surface area contributed by atoms with Crippen LogP contribution in [-0.2, 0) is 11.3 Å². The number of rotatable bonds is 5. The van der Waals surface area contributed by atoms with Gasteiger partial charge in [-0.15, -0.1) is 0 Å². The third kappa shape index (κ3) is 3.29. The summed E-state index contributed by atoms with van der Waals surface area (Å²) in [6.07, 6.45) is 9.98. The van der Waals surface area contributed by atoms with Gasteiger partial charge in [0.1, 0.15) is 12.7 Å². The number of hydrogen-bond donors (Lipinski definition) is 0. The largest absolute Gasteiger partial charge is 0.334 e. The molecule has 7 nitrogen and oxygen atoms in total. The van der Waals surface area contributed by atoms with E-state index >= 15 is 0 Å². The molecule has 1 aliphatic heterocycles. The summed E-state index contributed by atoms with van der Waals surface area (Å²) in [5.74, 6) is 0.186. The van der Waals surface area contributed by atoms with Gasteiger partial charge in [-0.05, 0) is 26.2 Å². The van der Waals surface area contributed by atoms with Crippen LogP contribution in [0.1, 0.15) is 43.1 Å². The van der Waals surface area contributed by atoms with E-state index in [1.165, 1.54) is 6.33 Å². The molecule has 3 heterocycles. The fourth-order valence-electron chi connectivity index (χ4n) is 2.90. The van der Waals surface area contributed by atoms with Crippen LogP contribution in [0, 0.1) is 6.92 Å². The molecule has 2 aromatic heterocycles. The lowest BCUT2D eigenvalue weighted by Crippen LogP contribution is -2.31. The molecule has 116 valence electrons. The lowest BCUT2D eigenvalue weighted by molar-refractivity contribution is -0.132. The number of nitrogens with zero attached hydrogens (tertiary/aromatic N) is 6. The smallest absolute Gasteiger partial charge is 0.223 e. The number of carbonyl (C=O) groups is 1. The average Bonchev–Trinajstić information content (AvgIpc) is 3.18. The first kappa shape index (κ1) is 14.6. The van der Waals surface area contributed by atoms with E-state index < -0.39 is 0 Å². The number of aryl methyl sites for hydroxylation is 2. The maximum Gasteiger partial charge on any atom is 0.223 e. The van der Waals surface area contributed by atoms with E-state index in [9.17, 15) is 4.79 Å². The topological polar surface area (TPSA) is 76.8 Å². The van der Waals surface area contributed by atoms with Gasteiger partial charge in [0.15, 0.2) is 0 Å². The molecule has 1 aliphatic rings. The third-order valence-electron chi connectivity index (χ3n) is 3.93. The van der Waals surface area contributed by atoms with E-state index in [1.54, 1.807) is 23.4 Å². The minimum absolute atomic E-state index is 0.0753. The normalized spacial score (nSPS) is 17.9. The molecule has 1 amide bonds. The Morgan fingerprint density at radius 2 is 2.27 bits per heavy atom. The fourth-order valence-corrected chi connectivity index (χ4v) is 2.90. The Hall–Kier alpha value is -2.31. The fraction of sp³-hybridized carbons (Fsp3) is 0.533. The van der Waals surface area contributed by atoms with Crippen molar-refractivity contribution in [2.24, 2.45) is 0 Å². The van der Waals surface area contributed by atoms with Crippen LogP contribution >= 0.6 is 0 Å². The van der Waals surface area contributed by atoms with Gasteiger partial charge in [0.05, 0.1) is 23.6 Å². The van der Waals surface area contributed by atoms with Gasteiger partial charge in [-0.25, -0.2) is 4.98 Å². The summed E-state index contributed by atoms with van der Waals surface area (Å²) in [6, 6.07) is 0.0753. The Morgan fingerprint density at radius 1 is 1.36 bits per heavy atom. The zero-order chi connectivity index (χ0) is 15.4. The zero-order valence-electron chi connectivity index (χ0n) is 12.7. The van der Waals surface area contributed by atoms with E-state index in [1.807, 2.05) is 11.8 Å². The van der Waals surface area contributed by atoms with Crippen LogP contribution in [0.3, 0.4) is 0 Å². The van der Waals surface area contributed by atoms with Crippen molar-refractivity contribution in [1.82, 2.24) is 29.6 Å². The molecule has 1 saturated heterocycles. The highest BCUT2D eigenvalue weighted by atomic mass is 16.2. The first-order chi connectivity index (χ1) is 10.7. The lowest BCUT2D eigenvalue weighted by atomic mass is 10.1. The third-order valence-corrected chi connectivity index (χ3v) is 3.93. The van der Waals surface area contributed by atoms with Crippen molar-refractivity contribution >= 4 is 5.91 Å². The summed E-state index contributed by atoms with van der Waals surface area (Å²) in [5.41, 5.74) is 1.80. The van der Waals surface area contributed by atoms with Crippen LogP contribution in [-0.4, -0.2) is 42.1 Å². The van der Waals surface area contributed by atoms with Crippen LogP contribution < -0.4 is 0 Å². The maximum absolute atomic E-state index is 12.5. The molecule has 0 radical (unpaired) electrons. The van der Waals surface area contributed by atoms with Crippen molar-refractivity contribution in [3.8, 4) is 0 Å². The summed E-state index contributed by atoms with van der Waals surface area (Å²) >= 11 is 0. The van der Waals surface area contributed by atoms with E-state index in [-0.39, 0.29) is 11.9 Å². The first-order valence-corrected chi connectivity index (χ1v) is 7.64. The van der Waals surface area contributed by atoms with Crippen LogP contribution in [0.4, 0.5) is 0 Å². The molecule has 1 unspecified atom stereocenters. The van der Waals surface area contributed by atoms with E-state index in [0.717, 1.165) is 37.2 Å². The lowest BCUT2D eigenvalue weighted by Gasteiger charge is -2.24. The molecular weight excluding hydrogens is 280 g/mol. The predicted molar refractivity (Wildman–Crippen MR) is 79.7 cm³/mol. The van der Waals surface area contributed by atoms with Gasteiger partial charge >= 0.3 is 0 Å². The minimum Gasteiger partial charge on any atom is -0.334 e. The Labute approximate surface area is 129 Å². The molecule has 0 saturated carbocycles. The van der Waals surface area contributed by atoms with Crippen molar-refractivity contribution in [2.45, 2.75) is 45.2 Å². The Balaban J connectivity index is 1.59. The number of likely N-dealkylation sites (tertiary alicyclic amines) is 1. The van der Waals surface area contributed by atoms with Crippen molar-refractivity contribution in [2.75, 3.05) is 6.54 Å². The predicted octanol–water partition coefficient (Wildman–Crippen LogP) is 1.52. The second kappa shape index (κ2) is 6.64. The van der Waals surface area contributed by atoms with Crippen LogP contribution in [0.25, 0.3) is 0 Å². The molecule has 7 heteroatoms. The molecule has 2 aromatic rings. The highest BCUT2D eigenvalue weighted by molar-refractivity contribution is 5.76. The van der Waals surface area contributed by atoms with Crippen LogP contribution in [0.15, 0.2) is 25.0 Å². The van der Waals surface area contributed by atoms with Crippen LogP contribution in [0.5, 0.6) is 0 Å². The van der Waals surface area contributed by atoms with Gasteiger partial charge in [-0.2, -0.15) is 5.10 Å². The van der Waals surface area contributed by atoms with Gasteiger partial charge < -0.3 is 4.90 Å². The van der Waals surface area contributed by atoms with Crippen LogP contribution in [0.2, 0.25) is 0 Å². The highest BCUT2D eigenvalue weighted by Gasteiger charge is 2.30. The summed E-state index contributed by atoms with van der Waals surface area (Å²) in [5, 5.41) is 4.05. The molecule has 1 fully saturated rings. The standard InChI is InChI=1S/C15H20N6O/c1-12-8-16-9-13(19-12)14-4-2-7-21(14)15(22)5-3-6-20-11-17-10-18-20/h8-11,14H,2-7H2,1H3. The Kier molecular flexibility index (Phi) is 4.41. The molecule has 0 spiro atoms. The van der Waals surface area contributed by atoms with E-state index in [2.05, 4.69) is 20.1 Å². The second-order valence-electron chi connectivity index (χ2n) is 5.59. The number of carbonyl (C=O) groups excluding carboxylic acids is 1. The molecular formula is C15H20N6O. The molecule has 0 N–H and O–H groups in total. The minimum atomic E-state index is 0.0753. The molecule has 0 bridgehead atoms. The van der Waals surface area contributed by atoms with Gasteiger partial charge in [0, 0.05) is 25.7 Å². The van der Waals surface area contributed by atoms with Gasteiger partial charge in [-0.1, -0.05) is 0 Å². The molecule has 0 aliphatic carbocycles. The quantitative estimate of drug-likeness (QED) is 0.836. The van der Waals surface area contributed by atoms with Crippen molar-refractivity contribution < 1.29 is 4.79 Å². The monoisotopic (exact) mass is 300 g/mol. The molecule has 0 aromatic carbocycles. The summed E-state index contributed by atoms with van der Waals surface area (Å²) in [7, 11) is 0. The van der Waals surface area contributed by atoms with Crippen molar-refractivity contribution in [1.29, 1.82) is 0 Å². The van der Waals surface area contributed by atoms with Gasteiger partial charge in [-0.3, -0.25) is 19.4 Å². The summed E-state index contributed by atoms with van der Waals surface area (Å²) in [6.45, 7) is 3.45. The van der Waals surface area contributed by atoms with Gasteiger partial charge in [0.2, 0.25) is 5.91 Å². The second-order valence-corrected chi connectivity index (χ2v) is 5.59. The van der Waals surface area contributed by atoms with E-state index in [4.69, 9.17) is 0 Å². The SMILES string of the molecule is Cc1cncc(C2CCCN2C(=O)CCCn2cncn2)n1. The van der Waals surface area contributed by atoms with E-state index in [0.29, 0.717) is 13.0 Å². The van der Waals surface area contributed by atoms with Gasteiger partial charge in [0.25, 0.3) is 0 Å². The molecule has 1 atom stereocenters. The van der Waals surface area contributed by atoms with Crippen molar-refractivity contribution in [3.05, 3.63) is 36.4 Å². The number of amides is 1. The van der Waals surface area contributed by atoms with Crippen molar-refractivity contribution in [3.63, 3.8) is 0 Å². The maximum atomic E-state index is 12.5. The zero-order valence-corrected chi connectivity index (χ0v) is 12.7. The Morgan fingerprint density at radius 3 is 3.05 bits per heavy atom. The Bertz CT molecular complexity index is 627. The molecule has 3 rings (SSSR count). The highest BCUT2D eigenvalue weighted by Crippen LogP contribution is 2.31. The first-order valence-electron chi connectivity index (χ1n) is 7.64. The number of hydrogen-bond acceptors (Lipinski definition) is 5. The number of aromatic nitrogens is 5. The summed E-state index contributed by atoms with van der Waals surface area (Å²) in [4.78, 5) is 27.1. The average molecular weight is 300 g/mol. The summed E-state index contributed by atoms with van der Waals surface area (Å²) < 4.78 is 1.75.